The standard InChI is InChI=1S/C16H22O/c1-11-9-13(3)15(10-12(11)2)16(17)14-7-5-4-6-8-14/h9-10,14H,4-8H2,1-3H3. The molecule has 1 saturated carbocycles. The van der Waals surface area contributed by atoms with E-state index in [4.69, 9.17) is 0 Å². The Kier molecular flexibility index (Phi) is 3.66. The first-order chi connectivity index (χ1) is 8.09. The topological polar surface area (TPSA) is 17.1 Å². The van der Waals surface area contributed by atoms with E-state index in [9.17, 15) is 4.79 Å². The number of carbonyl (C=O) groups excluding carboxylic acids is 1. The average molecular weight is 230 g/mol. The second-order valence-corrected chi connectivity index (χ2v) is 5.45. The summed E-state index contributed by atoms with van der Waals surface area (Å²) in [6.45, 7) is 6.26. The molecule has 0 saturated heterocycles. The van der Waals surface area contributed by atoms with Crippen molar-refractivity contribution in [2.45, 2.75) is 52.9 Å². The zero-order valence-corrected chi connectivity index (χ0v) is 11.2. The number of rotatable bonds is 2. The van der Waals surface area contributed by atoms with Crippen molar-refractivity contribution in [1.29, 1.82) is 0 Å². The lowest BCUT2D eigenvalue weighted by atomic mass is 9.82. The second kappa shape index (κ2) is 5.03. The van der Waals surface area contributed by atoms with Gasteiger partial charge in [0.05, 0.1) is 0 Å². The number of Topliss-reactive ketones (excluding diaryl/α,β-unsaturated/α-hetero) is 1. The fraction of sp³-hybridized carbons (Fsp3) is 0.562. The Morgan fingerprint density at radius 1 is 0.941 bits per heavy atom. The predicted octanol–water partition coefficient (Wildman–Crippen LogP) is 4.37. The molecule has 0 amide bonds. The number of aryl methyl sites for hydroxylation is 3. The summed E-state index contributed by atoms with van der Waals surface area (Å²) < 4.78 is 0. The summed E-state index contributed by atoms with van der Waals surface area (Å²) in [7, 11) is 0. The highest BCUT2D eigenvalue weighted by Gasteiger charge is 2.23. The van der Waals surface area contributed by atoms with Crippen molar-refractivity contribution in [3.8, 4) is 0 Å². The van der Waals surface area contributed by atoms with Gasteiger partial charge in [0, 0.05) is 11.5 Å². The lowest BCUT2D eigenvalue weighted by molar-refractivity contribution is 0.0889. The Labute approximate surface area is 104 Å². The van der Waals surface area contributed by atoms with E-state index in [1.165, 1.54) is 30.4 Å². The molecule has 1 aromatic carbocycles. The van der Waals surface area contributed by atoms with E-state index < -0.39 is 0 Å². The Balaban J connectivity index is 2.26. The smallest absolute Gasteiger partial charge is 0.166 e. The first-order valence-corrected chi connectivity index (χ1v) is 6.71. The molecule has 0 unspecified atom stereocenters. The first-order valence-electron chi connectivity index (χ1n) is 6.71. The summed E-state index contributed by atoms with van der Waals surface area (Å²) in [5.74, 6) is 0.662. The molecule has 1 nitrogen and oxygen atoms in total. The highest BCUT2D eigenvalue weighted by atomic mass is 16.1. The van der Waals surface area contributed by atoms with Crippen LogP contribution in [0.2, 0.25) is 0 Å². The predicted molar refractivity (Wildman–Crippen MR) is 71.6 cm³/mol. The van der Waals surface area contributed by atoms with Gasteiger partial charge in [0.2, 0.25) is 0 Å². The normalized spacial score (nSPS) is 17.1. The maximum Gasteiger partial charge on any atom is 0.166 e. The number of benzene rings is 1. The van der Waals surface area contributed by atoms with Gasteiger partial charge in [-0.2, -0.15) is 0 Å². The zero-order chi connectivity index (χ0) is 12.4. The molecule has 0 radical (unpaired) electrons. The molecule has 0 spiro atoms. The van der Waals surface area contributed by atoms with Crippen molar-refractivity contribution in [2.75, 3.05) is 0 Å². The first kappa shape index (κ1) is 12.3. The summed E-state index contributed by atoms with van der Waals surface area (Å²) >= 11 is 0. The van der Waals surface area contributed by atoms with Crippen LogP contribution in [0.3, 0.4) is 0 Å². The van der Waals surface area contributed by atoms with Gasteiger partial charge in [-0.25, -0.2) is 0 Å². The van der Waals surface area contributed by atoms with Crippen LogP contribution in [0.4, 0.5) is 0 Å². The molecule has 17 heavy (non-hydrogen) atoms. The Bertz CT molecular complexity index is 425. The molecule has 0 atom stereocenters. The van der Waals surface area contributed by atoms with Gasteiger partial charge in [0.25, 0.3) is 0 Å². The van der Waals surface area contributed by atoms with E-state index in [0.717, 1.165) is 24.0 Å². The summed E-state index contributed by atoms with van der Waals surface area (Å²) in [6, 6.07) is 4.23. The largest absolute Gasteiger partial charge is 0.294 e. The molecular weight excluding hydrogens is 208 g/mol. The Morgan fingerprint density at radius 2 is 1.53 bits per heavy atom. The zero-order valence-electron chi connectivity index (χ0n) is 11.2. The SMILES string of the molecule is Cc1cc(C)c(C(=O)C2CCCCC2)cc1C. The maximum absolute atomic E-state index is 12.5. The van der Waals surface area contributed by atoms with Crippen LogP contribution in [-0.2, 0) is 0 Å². The van der Waals surface area contributed by atoms with Gasteiger partial charge in [0.15, 0.2) is 5.78 Å². The summed E-state index contributed by atoms with van der Waals surface area (Å²) in [5, 5.41) is 0. The van der Waals surface area contributed by atoms with Crippen LogP contribution in [0.25, 0.3) is 0 Å². The third kappa shape index (κ3) is 2.59. The van der Waals surface area contributed by atoms with Gasteiger partial charge < -0.3 is 0 Å². The minimum Gasteiger partial charge on any atom is -0.294 e. The molecule has 2 rings (SSSR count). The van der Waals surface area contributed by atoms with E-state index in [-0.39, 0.29) is 5.92 Å². The molecule has 1 heteroatoms. The number of hydrogen-bond donors (Lipinski definition) is 0. The monoisotopic (exact) mass is 230 g/mol. The van der Waals surface area contributed by atoms with Crippen LogP contribution in [0.15, 0.2) is 12.1 Å². The van der Waals surface area contributed by atoms with Crippen LogP contribution in [-0.4, -0.2) is 5.78 Å². The van der Waals surface area contributed by atoms with Gasteiger partial charge in [-0.15, -0.1) is 0 Å². The molecule has 1 aromatic rings. The number of carbonyl (C=O) groups is 1. The van der Waals surface area contributed by atoms with Crippen molar-refractivity contribution in [3.63, 3.8) is 0 Å². The third-order valence-corrected chi connectivity index (χ3v) is 4.08. The Hall–Kier alpha value is -1.11. The van der Waals surface area contributed by atoms with Crippen molar-refractivity contribution >= 4 is 5.78 Å². The van der Waals surface area contributed by atoms with E-state index in [1.807, 2.05) is 0 Å². The molecule has 1 aliphatic carbocycles. The maximum atomic E-state index is 12.5. The molecule has 0 aliphatic heterocycles. The van der Waals surface area contributed by atoms with Gasteiger partial charge in [-0.05, 0) is 56.4 Å². The summed E-state index contributed by atoms with van der Waals surface area (Å²) in [6.07, 6.45) is 5.92. The minimum atomic E-state index is 0.282. The molecule has 0 bridgehead atoms. The summed E-state index contributed by atoms with van der Waals surface area (Å²) in [5.41, 5.74) is 4.61. The highest BCUT2D eigenvalue weighted by molar-refractivity contribution is 5.99. The van der Waals surface area contributed by atoms with Crippen LogP contribution >= 0.6 is 0 Å². The number of hydrogen-bond acceptors (Lipinski definition) is 1. The van der Waals surface area contributed by atoms with Gasteiger partial charge in [0.1, 0.15) is 0 Å². The van der Waals surface area contributed by atoms with Crippen molar-refractivity contribution in [2.24, 2.45) is 5.92 Å². The number of ketones is 1. The van der Waals surface area contributed by atoms with Gasteiger partial charge >= 0.3 is 0 Å². The van der Waals surface area contributed by atoms with E-state index in [2.05, 4.69) is 32.9 Å². The second-order valence-electron chi connectivity index (χ2n) is 5.45. The molecule has 92 valence electrons. The van der Waals surface area contributed by atoms with Crippen LogP contribution < -0.4 is 0 Å². The molecule has 1 aliphatic rings. The van der Waals surface area contributed by atoms with Gasteiger partial charge in [-0.1, -0.05) is 25.3 Å². The van der Waals surface area contributed by atoms with Gasteiger partial charge in [-0.3, -0.25) is 4.79 Å². The highest BCUT2D eigenvalue weighted by Crippen LogP contribution is 2.28. The lowest BCUT2D eigenvalue weighted by Gasteiger charge is -2.21. The van der Waals surface area contributed by atoms with E-state index >= 15 is 0 Å². The molecule has 1 fully saturated rings. The molecule has 0 heterocycles. The van der Waals surface area contributed by atoms with E-state index in [1.54, 1.807) is 0 Å². The van der Waals surface area contributed by atoms with Crippen molar-refractivity contribution in [3.05, 3.63) is 34.4 Å². The van der Waals surface area contributed by atoms with Crippen molar-refractivity contribution < 1.29 is 4.79 Å². The Morgan fingerprint density at radius 3 is 2.18 bits per heavy atom. The fourth-order valence-corrected chi connectivity index (χ4v) is 2.81. The summed E-state index contributed by atoms with van der Waals surface area (Å²) in [4.78, 5) is 12.5. The van der Waals surface area contributed by atoms with Crippen LogP contribution in [0.5, 0.6) is 0 Å². The third-order valence-electron chi connectivity index (χ3n) is 4.08. The molecular formula is C16H22O. The molecule has 0 N–H and O–H groups in total. The fourth-order valence-electron chi connectivity index (χ4n) is 2.81. The average Bonchev–Trinajstić information content (AvgIpc) is 2.34. The van der Waals surface area contributed by atoms with Crippen LogP contribution in [0.1, 0.15) is 59.2 Å². The minimum absolute atomic E-state index is 0.282. The van der Waals surface area contributed by atoms with Crippen LogP contribution in [0, 0.1) is 26.7 Å². The quantitative estimate of drug-likeness (QED) is 0.689. The van der Waals surface area contributed by atoms with Crippen molar-refractivity contribution in [1.82, 2.24) is 0 Å². The lowest BCUT2D eigenvalue weighted by Crippen LogP contribution is -2.19. The van der Waals surface area contributed by atoms with E-state index in [0.29, 0.717) is 5.78 Å². The molecule has 0 aromatic heterocycles.